The summed E-state index contributed by atoms with van der Waals surface area (Å²) in [6.07, 6.45) is 3.21. The van der Waals surface area contributed by atoms with E-state index in [9.17, 15) is 9.18 Å². The van der Waals surface area contributed by atoms with E-state index >= 15 is 0 Å². The summed E-state index contributed by atoms with van der Waals surface area (Å²) in [5.41, 5.74) is 1.55. The van der Waals surface area contributed by atoms with Crippen LogP contribution in [-0.2, 0) is 4.79 Å². The Labute approximate surface area is 160 Å². The molecule has 3 aromatic carbocycles. The second-order valence-corrected chi connectivity index (χ2v) is 6.20. The van der Waals surface area contributed by atoms with Crippen LogP contribution < -0.4 is 5.32 Å². The van der Waals surface area contributed by atoms with Gasteiger partial charge in [0.25, 0.3) is 0 Å². The van der Waals surface area contributed by atoms with Crippen LogP contribution in [0.2, 0.25) is 0 Å². The third-order valence-electron chi connectivity index (χ3n) is 4.30. The van der Waals surface area contributed by atoms with Crippen molar-refractivity contribution in [3.8, 4) is 5.69 Å². The van der Waals surface area contributed by atoms with Crippen molar-refractivity contribution in [3.05, 3.63) is 83.9 Å². The number of aryl methyl sites for hydroxylation is 1. The van der Waals surface area contributed by atoms with Gasteiger partial charge in [-0.1, -0.05) is 42.5 Å². The fourth-order valence-electron chi connectivity index (χ4n) is 2.95. The van der Waals surface area contributed by atoms with Crippen LogP contribution in [0.25, 0.3) is 22.5 Å². The maximum absolute atomic E-state index is 14.1. The van der Waals surface area contributed by atoms with Gasteiger partial charge in [-0.25, -0.2) is 4.39 Å². The van der Waals surface area contributed by atoms with E-state index in [4.69, 9.17) is 0 Å². The molecule has 0 aliphatic carbocycles. The molecule has 0 spiro atoms. The molecule has 28 heavy (non-hydrogen) atoms. The molecule has 0 fully saturated rings. The molecular formula is C21H16FN5O. The highest BCUT2D eigenvalue weighted by Gasteiger charge is 2.11. The number of hydrogen-bond donors (Lipinski definition) is 1. The van der Waals surface area contributed by atoms with Gasteiger partial charge in [-0.2, -0.15) is 4.68 Å². The fraction of sp³-hybridized carbons (Fsp3) is 0.0476. The largest absolute Gasteiger partial charge is 0.322 e. The lowest BCUT2D eigenvalue weighted by Crippen LogP contribution is -2.09. The van der Waals surface area contributed by atoms with E-state index in [1.54, 1.807) is 13.0 Å². The zero-order valence-corrected chi connectivity index (χ0v) is 15.0. The second-order valence-electron chi connectivity index (χ2n) is 6.20. The molecule has 0 bridgehead atoms. The Morgan fingerprint density at radius 1 is 1.11 bits per heavy atom. The second kappa shape index (κ2) is 7.40. The summed E-state index contributed by atoms with van der Waals surface area (Å²) in [6.45, 7) is 1.66. The molecule has 0 saturated carbocycles. The third kappa shape index (κ3) is 3.50. The van der Waals surface area contributed by atoms with Crippen LogP contribution in [0.4, 0.5) is 10.1 Å². The Bertz CT molecular complexity index is 1190. The molecule has 4 rings (SSSR count). The van der Waals surface area contributed by atoms with Gasteiger partial charge >= 0.3 is 0 Å². The summed E-state index contributed by atoms with van der Waals surface area (Å²) in [7, 11) is 0. The summed E-state index contributed by atoms with van der Waals surface area (Å²) in [4.78, 5) is 12.3. The molecule has 1 heterocycles. The topological polar surface area (TPSA) is 72.7 Å². The predicted molar refractivity (Wildman–Crippen MR) is 105 cm³/mol. The van der Waals surface area contributed by atoms with Crippen molar-refractivity contribution in [1.29, 1.82) is 0 Å². The van der Waals surface area contributed by atoms with Gasteiger partial charge in [0.15, 0.2) is 5.82 Å². The van der Waals surface area contributed by atoms with Crippen molar-refractivity contribution < 1.29 is 9.18 Å². The number of rotatable bonds is 4. The number of anilines is 1. The molecule has 1 amide bonds. The average Bonchev–Trinajstić information content (AvgIpc) is 3.13. The minimum absolute atomic E-state index is 0.165. The van der Waals surface area contributed by atoms with E-state index in [1.165, 1.54) is 29.0 Å². The maximum Gasteiger partial charge on any atom is 0.248 e. The normalized spacial score (nSPS) is 11.2. The Morgan fingerprint density at radius 2 is 1.93 bits per heavy atom. The summed E-state index contributed by atoms with van der Waals surface area (Å²) < 4.78 is 15.4. The SMILES string of the molecule is Cc1nnnn1-c1cc(NC(=O)/C=C/c2cccc3ccccc23)ccc1F. The van der Waals surface area contributed by atoms with Crippen molar-refractivity contribution in [2.45, 2.75) is 6.92 Å². The van der Waals surface area contributed by atoms with E-state index in [0.29, 0.717) is 11.5 Å². The monoisotopic (exact) mass is 373 g/mol. The van der Waals surface area contributed by atoms with Crippen LogP contribution in [0.5, 0.6) is 0 Å². The molecule has 1 N–H and O–H groups in total. The Morgan fingerprint density at radius 3 is 2.75 bits per heavy atom. The van der Waals surface area contributed by atoms with Crippen LogP contribution in [0.15, 0.2) is 66.7 Å². The lowest BCUT2D eigenvalue weighted by Gasteiger charge is -2.07. The van der Waals surface area contributed by atoms with E-state index in [1.807, 2.05) is 42.5 Å². The van der Waals surface area contributed by atoms with Crippen molar-refractivity contribution >= 4 is 28.4 Å². The smallest absolute Gasteiger partial charge is 0.248 e. The van der Waals surface area contributed by atoms with Gasteiger partial charge in [0.1, 0.15) is 11.5 Å². The number of carbonyl (C=O) groups excluding carboxylic acids is 1. The van der Waals surface area contributed by atoms with Gasteiger partial charge in [-0.05, 0) is 58.0 Å². The number of halogens is 1. The number of carbonyl (C=O) groups is 1. The molecule has 0 atom stereocenters. The Hall–Kier alpha value is -3.87. The van der Waals surface area contributed by atoms with E-state index in [2.05, 4.69) is 20.8 Å². The minimum Gasteiger partial charge on any atom is -0.322 e. The highest BCUT2D eigenvalue weighted by Crippen LogP contribution is 2.21. The number of tetrazole rings is 1. The maximum atomic E-state index is 14.1. The van der Waals surface area contributed by atoms with Crippen LogP contribution >= 0.6 is 0 Å². The fourth-order valence-corrected chi connectivity index (χ4v) is 2.95. The number of nitrogens with one attached hydrogen (secondary N) is 1. The Kier molecular flexibility index (Phi) is 4.63. The number of nitrogens with zero attached hydrogens (tertiary/aromatic N) is 4. The number of aromatic nitrogens is 4. The molecule has 7 heteroatoms. The van der Waals surface area contributed by atoms with Gasteiger partial charge < -0.3 is 5.32 Å². The standard InChI is InChI=1S/C21H16FN5O/c1-14-24-25-26-27(14)20-13-17(10-11-19(20)22)23-21(28)12-9-16-7-4-6-15-5-2-3-8-18(15)16/h2-13H,1H3,(H,23,28)/b12-9+. The molecule has 0 aliphatic heterocycles. The molecule has 138 valence electrons. The molecule has 0 saturated heterocycles. The van der Waals surface area contributed by atoms with E-state index < -0.39 is 5.82 Å². The summed E-state index contributed by atoms with van der Waals surface area (Å²) in [5.74, 6) is -0.364. The van der Waals surface area contributed by atoms with Crippen LogP contribution in [-0.4, -0.2) is 26.1 Å². The quantitative estimate of drug-likeness (QED) is 0.551. The van der Waals surface area contributed by atoms with Crippen molar-refractivity contribution in [2.75, 3.05) is 5.32 Å². The first-order valence-corrected chi connectivity index (χ1v) is 8.63. The summed E-state index contributed by atoms with van der Waals surface area (Å²) in [6, 6.07) is 18.1. The van der Waals surface area contributed by atoms with Crippen LogP contribution in [0, 0.1) is 12.7 Å². The highest BCUT2D eigenvalue weighted by molar-refractivity contribution is 6.03. The first-order valence-electron chi connectivity index (χ1n) is 8.63. The van der Waals surface area contributed by atoms with Crippen molar-refractivity contribution in [3.63, 3.8) is 0 Å². The van der Waals surface area contributed by atoms with Gasteiger partial charge in [-0.3, -0.25) is 4.79 Å². The number of hydrogen-bond acceptors (Lipinski definition) is 4. The first-order chi connectivity index (χ1) is 13.6. The Balaban J connectivity index is 1.56. The first kappa shape index (κ1) is 17.5. The molecule has 0 unspecified atom stereocenters. The summed E-state index contributed by atoms with van der Waals surface area (Å²) >= 11 is 0. The molecule has 1 aromatic heterocycles. The lowest BCUT2D eigenvalue weighted by molar-refractivity contribution is -0.111. The van der Waals surface area contributed by atoms with Gasteiger partial charge in [0, 0.05) is 11.8 Å². The van der Waals surface area contributed by atoms with Crippen molar-refractivity contribution in [1.82, 2.24) is 20.2 Å². The minimum atomic E-state index is -0.486. The average molecular weight is 373 g/mol. The molecule has 0 aliphatic rings. The molecule has 6 nitrogen and oxygen atoms in total. The van der Waals surface area contributed by atoms with Gasteiger partial charge in [0.2, 0.25) is 5.91 Å². The molecular weight excluding hydrogens is 357 g/mol. The molecule has 4 aromatic rings. The number of benzene rings is 3. The number of fused-ring (bicyclic) bond motifs is 1. The lowest BCUT2D eigenvalue weighted by atomic mass is 10.0. The summed E-state index contributed by atoms with van der Waals surface area (Å²) in [5, 5.41) is 15.9. The van der Waals surface area contributed by atoms with Crippen LogP contribution in [0.3, 0.4) is 0 Å². The van der Waals surface area contributed by atoms with E-state index in [-0.39, 0.29) is 11.6 Å². The van der Waals surface area contributed by atoms with Crippen LogP contribution in [0.1, 0.15) is 11.4 Å². The highest BCUT2D eigenvalue weighted by atomic mass is 19.1. The predicted octanol–water partition coefficient (Wildman–Crippen LogP) is 3.91. The zero-order valence-electron chi connectivity index (χ0n) is 15.0. The number of amides is 1. The third-order valence-corrected chi connectivity index (χ3v) is 4.30. The molecule has 0 radical (unpaired) electrons. The van der Waals surface area contributed by atoms with E-state index in [0.717, 1.165) is 16.3 Å². The zero-order chi connectivity index (χ0) is 19.5. The van der Waals surface area contributed by atoms with Gasteiger partial charge in [-0.15, -0.1) is 5.10 Å². The van der Waals surface area contributed by atoms with Crippen molar-refractivity contribution in [2.24, 2.45) is 0 Å². The van der Waals surface area contributed by atoms with Gasteiger partial charge in [0.05, 0.1) is 0 Å².